The summed E-state index contributed by atoms with van der Waals surface area (Å²) in [7, 11) is 0. The van der Waals surface area contributed by atoms with Gasteiger partial charge in [-0.15, -0.1) is 0 Å². The Morgan fingerprint density at radius 2 is 1.84 bits per heavy atom. The monoisotopic (exact) mass is 268 g/mol. The van der Waals surface area contributed by atoms with E-state index in [0.29, 0.717) is 12.4 Å². The van der Waals surface area contributed by atoms with Crippen LogP contribution in [0.1, 0.15) is 33.1 Å². The number of hydrogen-bond acceptors (Lipinski definition) is 4. The predicted molar refractivity (Wildman–Crippen MR) is 77.4 cm³/mol. The Balaban J connectivity index is 1.77. The Kier molecular flexibility index (Phi) is 5.05. The van der Waals surface area contributed by atoms with Crippen LogP contribution in [0.4, 0.5) is 0 Å². The molecule has 0 radical (unpaired) electrons. The topological polar surface area (TPSA) is 65.1 Å². The van der Waals surface area contributed by atoms with Gasteiger partial charge >= 0.3 is 0 Å². The molecule has 3 atom stereocenters. The van der Waals surface area contributed by atoms with Gasteiger partial charge in [-0.2, -0.15) is 0 Å². The van der Waals surface area contributed by atoms with Crippen molar-refractivity contribution in [3.63, 3.8) is 0 Å². The maximum Gasteiger partial charge on any atom is 0.153 e. The van der Waals surface area contributed by atoms with E-state index in [0.717, 1.165) is 44.1 Å². The normalized spacial score (nSPS) is 35.5. The molecule has 2 aliphatic rings. The molecule has 1 saturated carbocycles. The van der Waals surface area contributed by atoms with E-state index in [1.807, 2.05) is 0 Å². The smallest absolute Gasteiger partial charge is 0.153 e. The molecule has 1 aliphatic heterocycles. The summed E-state index contributed by atoms with van der Waals surface area (Å²) in [6.07, 6.45) is 4.07. The average molecular weight is 268 g/mol. The third-order valence-corrected chi connectivity index (χ3v) is 5.01. The number of nitrogens with zero attached hydrogens (tertiary/aromatic N) is 3. The summed E-state index contributed by atoms with van der Waals surface area (Å²) in [4.78, 5) is 4.91. The first-order chi connectivity index (χ1) is 9.10. The second-order valence-electron chi connectivity index (χ2n) is 6.32. The fourth-order valence-electron chi connectivity index (χ4n) is 3.40. The zero-order chi connectivity index (χ0) is 13.8. The third kappa shape index (κ3) is 3.83. The van der Waals surface area contributed by atoms with Crippen molar-refractivity contribution in [2.75, 3.05) is 32.7 Å². The van der Waals surface area contributed by atoms with Crippen LogP contribution in [-0.4, -0.2) is 59.6 Å². The van der Waals surface area contributed by atoms with Crippen molar-refractivity contribution in [1.29, 1.82) is 0 Å². The molecule has 0 spiro atoms. The molecule has 3 unspecified atom stereocenters. The molecule has 2 fully saturated rings. The number of nitrogens with two attached hydrogens (primary N) is 1. The first-order valence-corrected chi connectivity index (χ1v) is 7.53. The van der Waals surface area contributed by atoms with Gasteiger partial charge in [0.25, 0.3) is 0 Å². The molecule has 1 saturated heterocycles. The van der Waals surface area contributed by atoms with E-state index in [1.54, 1.807) is 0 Å². The highest BCUT2D eigenvalue weighted by Gasteiger charge is 2.30. The van der Waals surface area contributed by atoms with E-state index in [2.05, 4.69) is 28.8 Å². The van der Waals surface area contributed by atoms with E-state index in [9.17, 15) is 0 Å². The van der Waals surface area contributed by atoms with Crippen molar-refractivity contribution in [2.45, 2.75) is 39.2 Å². The van der Waals surface area contributed by atoms with Gasteiger partial charge < -0.3 is 10.9 Å². The molecule has 1 heterocycles. The van der Waals surface area contributed by atoms with Gasteiger partial charge in [-0.25, -0.2) is 0 Å². The molecule has 0 bridgehead atoms. The lowest BCUT2D eigenvalue weighted by molar-refractivity contribution is 0.0620. The quantitative estimate of drug-likeness (QED) is 0.349. The minimum Gasteiger partial charge on any atom is -0.409 e. The molecular formula is C14H28N4O. The number of rotatable bonds is 3. The Labute approximate surface area is 116 Å². The van der Waals surface area contributed by atoms with Crippen LogP contribution < -0.4 is 5.73 Å². The summed E-state index contributed by atoms with van der Waals surface area (Å²) >= 11 is 0. The predicted octanol–water partition coefficient (Wildman–Crippen LogP) is 1.18. The molecule has 0 amide bonds. The van der Waals surface area contributed by atoms with Crippen LogP contribution in [0.5, 0.6) is 0 Å². The van der Waals surface area contributed by atoms with Gasteiger partial charge in [0, 0.05) is 32.2 Å². The van der Waals surface area contributed by atoms with E-state index in [4.69, 9.17) is 10.9 Å². The molecule has 5 nitrogen and oxygen atoms in total. The molecule has 19 heavy (non-hydrogen) atoms. The number of hydrogen-bond donors (Lipinski definition) is 2. The first kappa shape index (κ1) is 14.6. The van der Waals surface area contributed by atoms with Gasteiger partial charge in [0.2, 0.25) is 0 Å². The maximum atomic E-state index is 8.60. The lowest BCUT2D eigenvalue weighted by atomic mass is 9.78. The van der Waals surface area contributed by atoms with E-state index >= 15 is 0 Å². The summed E-state index contributed by atoms with van der Waals surface area (Å²) in [5.41, 5.74) is 5.56. The van der Waals surface area contributed by atoms with Crippen LogP contribution in [0, 0.1) is 11.8 Å². The molecule has 2 rings (SSSR count). The van der Waals surface area contributed by atoms with Crippen LogP contribution >= 0.6 is 0 Å². The lowest BCUT2D eigenvalue weighted by Crippen LogP contribution is -2.53. The molecule has 0 aromatic rings. The Morgan fingerprint density at radius 3 is 2.42 bits per heavy atom. The van der Waals surface area contributed by atoms with Crippen molar-refractivity contribution in [1.82, 2.24) is 9.80 Å². The molecule has 3 N–H and O–H groups in total. The fourth-order valence-corrected chi connectivity index (χ4v) is 3.40. The SMILES string of the molecule is CC1CCC(N2CCN(CC(N)=NO)CC2)CC1C. The van der Waals surface area contributed by atoms with Crippen molar-refractivity contribution >= 4 is 5.84 Å². The maximum absolute atomic E-state index is 8.60. The highest BCUT2D eigenvalue weighted by molar-refractivity contribution is 5.81. The summed E-state index contributed by atoms with van der Waals surface area (Å²) in [6, 6.07) is 0.775. The van der Waals surface area contributed by atoms with E-state index in [1.165, 1.54) is 19.3 Å². The standard InChI is InChI=1S/C14H28N4O/c1-11-3-4-13(9-12(11)2)18-7-5-17(6-8-18)10-14(15)16-19/h11-13,19H,3-10H2,1-2H3,(H2,15,16). The minimum absolute atomic E-state index is 0.313. The van der Waals surface area contributed by atoms with Gasteiger partial charge in [0.1, 0.15) is 0 Å². The summed E-state index contributed by atoms with van der Waals surface area (Å²) in [5.74, 6) is 2.06. The van der Waals surface area contributed by atoms with Crippen molar-refractivity contribution < 1.29 is 5.21 Å². The van der Waals surface area contributed by atoms with Crippen LogP contribution in [0.2, 0.25) is 0 Å². The third-order valence-electron chi connectivity index (χ3n) is 5.01. The highest BCUT2D eigenvalue weighted by atomic mass is 16.4. The summed E-state index contributed by atoms with van der Waals surface area (Å²) < 4.78 is 0. The first-order valence-electron chi connectivity index (χ1n) is 7.53. The van der Waals surface area contributed by atoms with Gasteiger partial charge in [-0.3, -0.25) is 9.80 Å². The molecule has 110 valence electrons. The van der Waals surface area contributed by atoms with Crippen LogP contribution in [0.3, 0.4) is 0 Å². The molecule has 5 heteroatoms. The Morgan fingerprint density at radius 1 is 1.16 bits per heavy atom. The van der Waals surface area contributed by atoms with E-state index < -0.39 is 0 Å². The molecular weight excluding hydrogens is 240 g/mol. The lowest BCUT2D eigenvalue weighted by Gasteiger charge is -2.43. The highest BCUT2D eigenvalue weighted by Crippen LogP contribution is 2.32. The van der Waals surface area contributed by atoms with Crippen molar-refractivity contribution in [2.24, 2.45) is 22.7 Å². The van der Waals surface area contributed by atoms with E-state index in [-0.39, 0.29) is 0 Å². The van der Waals surface area contributed by atoms with Gasteiger partial charge in [-0.05, 0) is 31.1 Å². The van der Waals surface area contributed by atoms with Crippen LogP contribution in [0.15, 0.2) is 5.16 Å². The van der Waals surface area contributed by atoms with Gasteiger partial charge in [0.15, 0.2) is 5.84 Å². The van der Waals surface area contributed by atoms with Crippen molar-refractivity contribution in [3.05, 3.63) is 0 Å². The summed E-state index contributed by atoms with van der Waals surface area (Å²) in [5, 5.41) is 11.6. The minimum atomic E-state index is 0.313. The van der Waals surface area contributed by atoms with Crippen LogP contribution in [-0.2, 0) is 0 Å². The number of oxime groups is 1. The van der Waals surface area contributed by atoms with Crippen LogP contribution in [0.25, 0.3) is 0 Å². The average Bonchev–Trinajstić information content (AvgIpc) is 2.42. The number of piperazine rings is 1. The largest absolute Gasteiger partial charge is 0.409 e. The van der Waals surface area contributed by atoms with Gasteiger partial charge in [0.05, 0.1) is 6.54 Å². The Bertz CT molecular complexity index is 313. The zero-order valence-corrected chi connectivity index (χ0v) is 12.3. The Hall–Kier alpha value is -0.810. The second-order valence-corrected chi connectivity index (χ2v) is 6.32. The molecule has 1 aliphatic carbocycles. The van der Waals surface area contributed by atoms with Crippen molar-refractivity contribution in [3.8, 4) is 0 Å². The summed E-state index contributed by atoms with van der Waals surface area (Å²) in [6.45, 7) is 9.64. The molecule has 0 aromatic carbocycles. The van der Waals surface area contributed by atoms with Gasteiger partial charge in [-0.1, -0.05) is 19.0 Å². The zero-order valence-electron chi connectivity index (χ0n) is 12.3. The second kappa shape index (κ2) is 6.57. The molecule has 0 aromatic heterocycles. The number of amidine groups is 1. The fraction of sp³-hybridized carbons (Fsp3) is 0.929.